The Hall–Kier alpha value is -1.72. The second-order valence-electron chi connectivity index (χ2n) is 4.63. The van der Waals surface area contributed by atoms with E-state index in [1.54, 1.807) is 37.3 Å². The minimum atomic E-state index is -0.0655. The van der Waals surface area contributed by atoms with Gasteiger partial charge in [-0.1, -0.05) is 11.6 Å². The fraction of sp³-hybridized carbons (Fsp3) is 0.312. The van der Waals surface area contributed by atoms with Crippen LogP contribution < -0.4 is 9.47 Å². The van der Waals surface area contributed by atoms with Crippen molar-refractivity contribution in [2.45, 2.75) is 13.5 Å². The van der Waals surface area contributed by atoms with Gasteiger partial charge < -0.3 is 14.4 Å². The van der Waals surface area contributed by atoms with Crippen LogP contribution >= 0.6 is 22.9 Å². The molecule has 118 valence electrons. The van der Waals surface area contributed by atoms with Crippen molar-refractivity contribution < 1.29 is 14.3 Å². The van der Waals surface area contributed by atoms with E-state index in [-0.39, 0.29) is 5.91 Å². The summed E-state index contributed by atoms with van der Waals surface area (Å²) in [7, 11) is 3.13. The van der Waals surface area contributed by atoms with Crippen LogP contribution in [0.3, 0.4) is 0 Å². The zero-order valence-electron chi connectivity index (χ0n) is 12.8. The average molecular weight is 340 g/mol. The lowest BCUT2D eigenvalue weighted by atomic mass is 10.1. The summed E-state index contributed by atoms with van der Waals surface area (Å²) in [6, 6.07) is 8.96. The summed E-state index contributed by atoms with van der Waals surface area (Å²) in [5.74, 6) is 1.13. The Labute approximate surface area is 139 Å². The maximum absolute atomic E-state index is 12.7. The average Bonchev–Trinajstić information content (AvgIpc) is 2.96. The van der Waals surface area contributed by atoms with Crippen LogP contribution in [0.2, 0.25) is 4.34 Å². The third-order valence-electron chi connectivity index (χ3n) is 3.24. The molecule has 1 amide bonds. The quantitative estimate of drug-likeness (QED) is 0.796. The van der Waals surface area contributed by atoms with Crippen molar-refractivity contribution in [2.24, 2.45) is 0 Å². The Morgan fingerprint density at radius 3 is 2.27 bits per heavy atom. The summed E-state index contributed by atoms with van der Waals surface area (Å²) < 4.78 is 11.2. The van der Waals surface area contributed by atoms with Crippen molar-refractivity contribution >= 4 is 28.8 Å². The van der Waals surface area contributed by atoms with E-state index in [9.17, 15) is 4.79 Å². The SMILES string of the molecule is CCN(Cc1ccc(Cl)s1)C(=O)c1cc(OC)cc(OC)c1. The monoisotopic (exact) mass is 339 g/mol. The molecule has 0 saturated carbocycles. The van der Waals surface area contributed by atoms with Gasteiger partial charge in [0.15, 0.2) is 0 Å². The smallest absolute Gasteiger partial charge is 0.254 e. The second kappa shape index (κ2) is 7.51. The van der Waals surface area contributed by atoms with Gasteiger partial charge in [0.25, 0.3) is 5.91 Å². The minimum absolute atomic E-state index is 0.0655. The van der Waals surface area contributed by atoms with E-state index >= 15 is 0 Å². The van der Waals surface area contributed by atoms with Crippen LogP contribution in [-0.4, -0.2) is 31.6 Å². The van der Waals surface area contributed by atoms with Crippen LogP contribution in [0.25, 0.3) is 0 Å². The molecule has 0 saturated heterocycles. The molecule has 2 aromatic rings. The molecule has 0 N–H and O–H groups in total. The standard InChI is InChI=1S/C16H18ClNO3S/c1-4-18(10-14-5-6-15(17)22-14)16(19)11-7-12(20-2)9-13(8-11)21-3/h5-9H,4,10H2,1-3H3. The van der Waals surface area contributed by atoms with Crippen LogP contribution in [0.5, 0.6) is 11.5 Å². The van der Waals surface area contributed by atoms with Gasteiger partial charge in [-0.3, -0.25) is 4.79 Å². The molecule has 0 aliphatic carbocycles. The lowest BCUT2D eigenvalue weighted by molar-refractivity contribution is 0.0753. The number of benzene rings is 1. The van der Waals surface area contributed by atoms with E-state index in [2.05, 4.69) is 0 Å². The fourth-order valence-electron chi connectivity index (χ4n) is 2.07. The van der Waals surface area contributed by atoms with Crippen LogP contribution in [-0.2, 0) is 6.54 Å². The first-order valence-electron chi connectivity index (χ1n) is 6.84. The number of amides is 1. The number of ether oxygens (including phenoxy) is 2. The topological polar surface area (TPSA) is 38.8 Å². The van der Waals surface area contributed by atoms with Crippen molar-refractivity contribution in [1.29, 1.82) is 0 Å². The summed E-state index contributed by atoms with van der Waals surface area (Å²) in [6.07, 6.45) is 0. The maximum atomic E-state index is 12.7. The number of rotatable bonds is 6. The molecule has 4 nitrogen and oxygen atoms in total. The lowest BCUT2D eigenvalue weighted by Gasteiger charge is -2.21. The number of nitrogens with zero attached hydrogens (tertiary/aromatic N) is 1. The van der Waals surface area contributed by atoms with Gasteiger partial charge in [-0.2, -0.15) is 0 Å². The summed E-state index contributed by atoms with van der Waals surface area (Å²) in [5.41, 5.74) is 0.542. The molecule has 0 spiro atoms. The van der Waals surface area contributed by atoms with Crippen LogP contribution in [0.4, 0.5) is 0 Å². The van der Waals surface area contributed by atoms with Crippen molar-refractivity contribution in [3.05, 3.63) is 45.1 Å². The first kappa shape index (κ1) is 16.6. The van der Waals surface area contributed by atoms with Gasteiger partial charge >= 0.3 is 0 Å². The molecule has 2 rings (SSSR count). The van der Waals surface area contributed by atoms with Gasteiger partial charge in [0.2, 0.25) is 0 Å². The number of thiophene rings is 1. The van der Waals surface area contributed by atoms with E-state index in [1.807, 2.05) is 19.1 Å². The Morgan fingerprint density at radius 2 is 1.82 bits per heavy atom. The van der Waals surface area contributed by atoms with Gasteiger partial charge in [0.05, 0.1) is 25.1 Å². The molecule has 0 bridgehead atoms. The molecule has 0 aliphatic rings. The Balaban J connectivity index is 2.24. The highest BCUT2D eigenvalue weighted by Gasteiger charge is 2.17. The number of hydrogen-bond acceptors (Lipinski definition) is 4. The van der Waals surface area contributed by atoms with E-state index in [1.165, 1.54) is 11.3 Å². The highest BCUT2D eigenvalue weighted by molar-refractivity contribution is 7.16. The summed E-state index contributed by atoms with van der Waals surface area (Å²) in [4.78, 5) is 15.5. The number of methoxy groups -OCH3 is 2. The van der Waals surface area contributed by atoms with E-state index in [4.69, 9.17) is 21.1 Å². The zero-order chi connectivity index (χ0) is 16.1. The van der Waals surface area contributed by atoms with E-state index in [0.717, 1.165) is 9.21 Å². The predicted octanol–water partition coefficient (Wildman–Crippen LogP) is 4.08. The second-order valence-corrected chi connectivity index (χ2v) is 6.43. The number of hydrogen-bond donors (Lipinski definition) is 0. The van der Waals surface area contributed by atoms with Gasteiger partial charge in [0.1, 0.15) is 11.5 Å². The van der Waals surface area contributed by atoms with E-state index in [0.29, 0.717) is 30.2 Å². The van der Waals surface area contributed by atoms with Gasteiger partial charge in [0, 0.05) is 23.1 Å². The van der Waals surface area contributed by atoms with Crippen LogP contribution in [0.15, 0.2) is 30.3 Å². The predicted molar refractivity (Wildman–Crippen MR) is 89.3 cm³/mol. The highest BCUT2D eigenvalue weighted by atomic mass is 35.5. The molecule has 1 aromatic carbocycles. The van der Waals surface area contributed by atoms with Crippen molar-refractivity contribution in [2.75, 3.05) is 20.8 Å². The third-order valence-corrected chi connectivity index (χ3v) is 4.46. The van der Waals surface area contributed by atoms with Crippen LogP contribution in [0.1, 0.15) is 22.2 Å². The summed E-state index contributed by atoms with van der Waals surface area (Å²) in [6.45, 7) is 3.09. The summed E-state index contributed by atoms with van der Waals surface area (Å²) >= 11 is 7.43. The normalized spacial score (nSPS) is 10.4. The first-order chi connectivity index (χ1) is 10.6. The number of halogens is 1. The molecule has 6 heteroatoms. The van der Waals surface area contributed by atoms with Crippen molar-refractivity contribution in [1.82, 2.24) is 4.90 Å². The summed E-state index contributed by atoms with van der Waals surface area (Å²) in [5, 5.41) is 0. The number of carbonyl (C=O) groups excluding carboxylic acids is 1. The van der Waals surface area contributed by atoms with E-state index < -0.39 is 0 Å². The maximum Gasteiger partial charge on any atom is 0.254 e. The molecule has 1 heterocycles. The van der Waals surface area contributed by atoms with Crippen molar-refractivity contribution in [3.63, 3.8) is 0 Å². The molecule has 0 radical (unpaired) electrons. The third kappa shape index (κ3) is 3.93. The van der Waals surface area contributed by atoms with Gasteiger partial charge in [-0.05, 0) is 31.2 Å². The molecule has 0 fully saturated rings. The van der Waals surface area contributed by atoms with Gasteiger partial charge in [-0.15, -0.1) is 11.3 Å². The Kier molecular flexibility index (Phi) is 5.69. The molecule has 22 heavy (non-hydrogen) atoms. The Morgan fingerprint density at radius 1 is 1.18 bits per heavy atom. The molecule has 1 aromatic heterocycles. The largest absolute Gasteiger partial charge is 0.497 e. The first-order valence-corrected chi connectivity index (χ1v) is 8.03. The minimum Gasteiger partial charge on any atom is -0.497 e. The molecular formula is C16H18ClNO3S. The van der Waals surface area contributed by atoms with Gasteiger partial charge in [-0.25, -0.2) is 0 Å². The van der Waals surface area contributed by atoms with Crippen molar-refractivity contribution in [3.8, 4) is 11.5 Å². The molecule has 0 unspecified atom stereocenters. The fourth-order valence-corrected chi connectivity index (χ4v) is 3.17. The zero-order valence-corrected chi connectivity index (χ0v) is 14.3. The molecule has 0 aliphatic heterocycles. The Bertz CT molecular complexity index is 634. The molecular weight excluding hydrogens is 322 g/mol. The lowest BCUT2D eigenvalue weighted by Crippen LogP contribution is -2.30. The highest BCUT2D eigenvalue weighted by Crippen LogP contribution is 2.26. The molecule has 0 atom stereocenters. The van der Waals surface area contributed by atoms with Crippen LogP contribution in [0, 0.1) is 0 Å². The number of carbonyl (C=O) groups is 1.